The summed E-state index contributed by atoms with van der Waals surface area (Å²) in [5.41, 5.74) is 3.00. The average Bonchev–Trinajstić information content (AvgIpc) is 3.38. The summed E-state index contributed by atoms with van der Waals surface area (Å²) in [6, 6.07) is 30.6. The third-order valence-corrected chi connectivity index (χ3v) is 9.50. The van der Waals surface area contributed by atoms with Crippen molar-refractivity contribution in [2.75, 3.05) is 30.9 Å². The van der Waals surface area contributed by atoms with Crippen molar-refractivity contribution in [2.24, 2.45) is 0 Å². The summed E-state index contributed by atoms with van der Waals surface area (Å²) >= 11 is 6.90. The molecule has 0 radical (unpaired) electrons. The summed E-state index contributed by atoms with van der Waals surface area (Å²) in [5.74, 6) is -0.196. The van der Waals surface area contributed by atoms with Crippen LogP contribution in [0.4, 0.5) is 5.69 Å². The number of piperazine rings is 1. The normalized spacial score (nSPS) is 14.6. The number of rotatable bonds is 7. The zero-order chi connectivity index (χ0) is 25.8. The highest BCUT2D eigenvalue weighted by atomic mass is 35.5. The summed E-state index contributed by atoms with van der Waals surface area (Å²) in [7, 11) is -3.86. The van der Waals surface area contributed by atoms with Crippen molar-refractivity contribution in [1.82, 2.24) is 9.80 Å². The van der Waals surface area contributed by atoms with Gasteiger partial charge in [-0.15, -0.1) is 11.3 Å². The molecular weight excluding hydrogens is 526 g/mol. The number of sulfonamides is 1. The van der Waals surface area contributed by atoms with Crippen molar-refractivity contribution in [3.05, 3.63) is 118 Å². The van der Waals surface area contributed by atoms with Gasteiger partial charge in [0.1, 0.15) is 4.21 Å². The fourth-order valence-corrected chi connectivity index (χ4v) is 7.20. The number of amides is 1. The Morgan fingerprint density at radius 1 is 0.784 bits per heavy atom. The second kappa shape index (κ2) is 11.1. The van der Waals surface area contributed by atoms with Crippen LogP contribution >= 0.6 is 22.9 Å². The summed E-state index contributed by atoms with van der Waals surface area (Å²) in [6.07, 6.45) is 0. The van der Waals surface area contributed by atoms with E-state index < -0.39 is 10.0 Å². The highest BCUT2D eigenvalue weighted by molar-refractivity contribution is 7.94. The first-order valence-electron chi connectivity index (χ1n) is 11.9. The third-order valence-electron chi connectivity index (χ3n) is 6.41. The molecule has 37 heavy (non-hydrogen) atoms. The Morgan fingerprint density at radius 3 is 1.92 bits per heavy atom. The predicted octanol–water partition coefficient (Wildman–Crippen LogP) is 5.75. The van der Waals surface area contributed by atoms with E-state index in [0.717, 1.165) is 11.3 Å². The topological polar surface area (TPSA) is 69.7 Å². The average molecular weight is 552 g/mol. The fraction of sp³-hybridized carbons (Fsp3) is 0.179. The number of carbonyl (C=O) groups is 1. The van der Waals surface area contributed by atoms with Crippen LogP contribution < -0.4 is 4.72 Å². The smallest absolute Gasteiger partial charge is 0.271 e. The lowest BCUT2D eigenvalue weighted by Gasteiger charge is -2.40. The van der Waals surface area contributed by atoms with E-state index in [-0.39, 0.29) is 21.8 Å². The summed E-state index contributed by atoms with van der Waals surface area (Å²) < 4.78 is 28.8. The standard InChI is InChI=1S/C28H26ClN3O3S2/c29-25-15-16-26(36-25)37(34,35)30-24-14-8-7-13-23(24)28(33)32-19-17-31(18-20-32)27(21-9-3-1-4-10-21)22-11-5-2-6-12-22/h1-16,27,30H,17-20H2. The molecule has 1 aliphatic rings. The molecule has 0 bridgehead atoms. The Bertz CT molecular complexity index is 1430. The highest BCUT2D eigenvalue weighted by Crippen LogP contribution is 2.31. The first-order valence-corrected chi connectivity index (χ1v) is 14.6. The van der Waals surface area contributed by atoms with Crippen molar-refractivity contribution >= 4 is 44.6 Å². The van der Waals surface area contributed by atoms with Crippen LogP contribution in [0.2, 0.25) is 4.34 Å². The number of thiophene rings is 1. The molecule has 0 spiro atoms. The van der Waals surface area contributed by atoms with E-state index in [1.54, 1.807) is 29.2 Å². The van der Waals surface area contributed by atoms with Gasteiger partial charge in [-0.05, 0) is 35.4 Å². The van der Waals surface area contributed by atoms with Gasteiger partial charge in [0.25, 0.3) is 15.9 Å². The quantitative estimate of drug-likeness (QED) is 0.317. The molecule has 0 atom stereocenters. The number of nitrogens with zero attached hydrogens (tertiary/aromatic N) is 2. The van der Waals surface area contributed by atoms with Crippen LogP contribution in [0, 0.1) is 0 Å². The molecule has 0 unspecified atom stereocenters. The maximum Gasteiger partial charge on any atom is 0.271 e. The van der Waals surface area contributed by atoms with Gasteiger partial charge < -0.3 is 4.90 Å². The van der Waals surface area contributed by atoms with Gasteiger partial charge in [0.05, 0.1) is 21.6 Å². The van der Waals surface area contributed by atoms with Crippen molar-refractivity contribution < 1.29 is 13.2 Å². The van der Waals surface area contributed by atoms with E-state index in [1.807, 2.05) is 36.4 Å². The fourth-order valence-electron chi connectivity index (χ4n) is 4.63. The second-order valence-corrected chi connectivity index (χ2v) is 12.4. The van der Waals surface area contributed by atoms with Gasteiger partial charge in [0.15, 0.2) is 0 Å². The molecular formula is C28H26ClN3O3S2. The molecule has 1 fully saturated rings. The molecule has 1 N–H and O–H groups in total. The van der Waals surface area contributed by atoms with E-state index in [0.29, 0.717) is 36.1 Å². The molecule has 9 heteroatoms. The molecule has 2 heterocycles. The highest BCUT2D eigenvalue weighted by Gasteiger charge is 2.30. The largest absolute Gasteiger partial charge is 0.336 e. The zero-order valence-corrected chi connectivity index (χ0v) is 22.3. The number of hydrogen-bond donors (Lipinski definition) is 1. The Balaban J connectivity index is 1.33. The molecule has 5 rings (SSSR count). The summed E-state index contributed by atoms with van der Waals surface area (Å²) in [4.78, 5) is 17.7. The van der Waals surface area contributed by atoms with Gasteiger partial charge in [-0.2, -0.15) is 0 Å². The van der Waals surface area contributed by atoms with E-state index >= 15 is 0 Å². The maximum atomic E-state index is 13.5. The Hall–Kier alpha value is -3.17. The maximum absolute atomic E-state index is 13.5. The Labute approximate surface area is 226 Å². The number of benzene rings is 3. The number of carbonyl (C=O) groups excluding carboxylic acids is 1. The van der Waals surface area contributed by atoms with E-state index in [4.69, 9.17) is 11.6 Å². The number of halogens is 1. The molecule has 0 saturated carbocycles. The van der Waals surface area contributed by atoms with E-state index in [9.17, 15) is 13.2 Å². The van der Waals surface area contributed by atoms with Crippen molar-refractivity contribution in [1.29, 1.82) is 0 Å². The number of nitrogens with one attached hydrogen (secondary N) is 1. The molecule has 1 aliphatic heterocycles. The van der Waals surface area contributed by atoms with Gasteiger partial charge in [-0.1, -0.05) is 84.4 Å². The van der Waals surface area contributed by atoms with Crippen LogP contribution in [0.5, 0.6) is 0 Å². The lowest BCUT2D eigenvalue weighted by Crippen LogP contribution is -2.50. The lowest BCUT2D eigenvalue weighted by atomic mass is 9.96. The minimum absolute atomic E-state index is 0.0939. The predicted molar refractivity (Wildman–Crippen MR) is 149 cm³/mol. The number of para-hydroxylation sites is 1. The van der Waals surface area contributed by atoms with Crippen LogP contribution in [0.25, 0.3) is 0 Å². The molecule has 3 aromatic carbocycles. The van der Waals surface area contributed by atoms with E-state index in [1.165, 1.54) is 23.3 Å². The van der Waals surface area contributed by atoms with Crippen LogP contribution in [-0.4, -0.2) is 50.3 Å². The molecule has 0 aliphatic carbocycles. The van der Waals surface area contributed by atoms with Gasteiger partial charge in [0.2, 0.25) is 0 Å². The summed E-state index contributed by atoms with van der Waals surface area (Å²) in [5, 5.41) is 0. The number of anilines is 1. The minimum Gasteiger partial charge on any atom is -0.336 e. The molecule has 190 valence electrons. The lowest BCUT2D eigenvalue weighted by molar-refractivity contribution is 0.0598. The molecule has 1 saturated heterocycles. The second-order valence-electron chi connectivity index (χ2n) is 8.76. The van der Waals surface area contributed by atoms with Gasteiger partial charge in [-0.25, -0.2) is 8.42 Å². The van der Waals surface area contributed by atoms with Crippen LogP contribution in [0.3, 0.4) is 0 Å². The molecule has 1 amide bonds. The number of hydrogen-bond acceptors (Lipinski definition) is 5. The van der Waals surface area contributed by atoms with Crippen molar-refractivity contribution in [3.63, 3.8) is 0 Å². The van der Waals surface area contributed by atoms with Gasteiger partial charge in [-0.3, -0.25) is 14.4 Å². The minimum atomic E-state index is -3.86. The Morgan fingerprint density at radius 2 is 1.35 bits per heavy atom. The monoisotopic (exact) mass is 551 g/mol. The van der Waals surface area contributed by atoms with Crippen LogP contribution in [0.1, 0.15) is 27.5 Å². The molecule has 1 aromatic heterocycles. The molecule has 4 aromatic rings. The first-order chi connectivity index (χ1) is 17.9. The van der Waals surface area contributed by atoms with Crippen LogP contribution in [-0.2, 0) is 10.0 Å². The SMILES string of the molecule is O=C(c1ccccc1NS(=O)(=O)c1ccc(Cl)s1)N1CCN(C(c2ccccc2)c2ccccc2)CC1. The zero-order valence-electron chi connectivity index (χ0n) is 20.0. The summed E-state index contributed by atoms with van der Waals surface area (Å²) in [6.45, 7) is 2.47. The van der Waals surface area contributed by atoms with Crippen molar-refractivity contribution in [3.8, 4) is 0 Å². The van der Waals surface area contributed by atoms with Crippen molar-refractivity contribution in [2.45, 2.75) is 10.3 Å². The first kappa shape index (κ1) is 25.5. The third kappa shape index (κ3) is 5.72. The van der Waals surface area contributed by atoms with E-state index in [2.05, 4.69) is 33.9 Å². The van der Waals surface area contributed by atoms with Gasteiger partial charge in [0, 0.05) is 26.2 Å². The molecule has 6 nitrogen and oxygen atoms in total. The van der Waals surface area contributed by atoms with Gasteiger partial charge >= 0.3 is 0 Å². The Kier molecular flexibility index (Phi) is 7.62. The van der Waals surface area contributed by atoms with Crippen LogP contribution in [0.15, 0.2) is 101 Å².